The molecular formula is C10H10F9NO2. The highest BCUT2D eigenvalue weighted by Gasteiger charge is 2.85. The predicted octanol–water partition coefficient (Wildman–Crippen LogP) is 3.12. The minimum atomic E-state index is -6.76. The van der Waals surface area contributed by atoms with Crippen molar-refractivity contribution in [2.75, 3.05) is 13.2 Å². The van der Waals surface area contributed by atoms with Crippen molar-refractivity contribution >= 4 is 5.91 Å². The molecule has 0 aromatic rings. The molecule has 0 atom stereocenters. The van der Waals surface area contributed by atoms with Crippen LogP contribution < -0.4 is 5.32 Å². The van der Waals surface area contributed by atoms with Crippen LogP contribution in [0.2, 0.25) is 0 Å². The molecule has 0 unspecified atom stereocenters. The Morgan fingerprint density at radius 3 is 1.68 bits per heavy atom. The average molecular weight is 347 g/mol. The molecule has 0 bridgehead atoms. The van der Waals surface area contributed by atoms with Crippen LogP contribution in [0.4, 0.5) is 39.5 Å². The fourth-order valence-electron chi connectivity index (χ4n) is 1.31. The molecule has 0 aliphatic heterocycles. The summed E-state index contributed by atoms with van der Waals surface area (Å²) in [6.45, 7) is 0.983. The number of amides is 1. The van der Waals surface area contributed by atoms with Gasteiger partial charge >= 0.3 is 24.1 Å². The maximum atomic E-state index is 12.4. The van der Waals surface area contributed by atoms with Crippen LogP contribution >= 0.6 is 0 Å². The molecule has 0 heterocycles. The number of ether oxygens (including phenoxy) is 1. The van der Waals surface area contributed by atoms with Gasteiger partial charge in [0, 0.05) is 6.54 Å². The monoisotopic (exact) mass is 347 g/mol. The van der Waals surface area contributed by atoms with E-state index in [9.17, 15) is 44.3 Å². The summed E-state index contributed by atoms with van der Waals surface area (Å²) in [5, 5.41) is 1.95. The lowest BCUT2D eigenvalue weighted by Crippen LogP contribution is -2.67. The van der Waals surface area contributed by atoms with Crippen molar-refractivity contribution in [1.82, 2.24) is 5.32 Å². The average Bonchev–Trinajstić information content (AvgIpc) is 2.27. The normalized spacial score (nSPS) is 13.9. The standard InChI is InChI=1S/C10H10F9NO2/c1-2-6(21)20-4-3-5-22-7(8(11,12)13,9(14,15)16)10(17,18)19/h2H,1,3-5H2,(H,20,21). The molecule has 0 saturated heterocycles. The van der Waals surface area contributed by atoms with E-state index in [-0.39, 0.29) is 0 Å². The molecule has 3 nitrogen and oxygen atoms in total. The molecule has 0 saturated carbocycles. The van der Waals surface area contributed by atoms with Crippen molar-refractivity contribution in [2.24, 2.45) is 0 Å². The van der Waals surface area contributed by atoms with Gasteiger partial charge in [-0.3, -0.25) is 4.79 Å². The SMILES string of the molecule is C=CC(=O)NCCCOC(C(F)(F)F)(C(F)(F)F)C(F)(F)F. The van der Waals surface area contributed by atoms with Gasteiger partial charge in [0.15, 0.2) is 0 Å². The van der Waals surface area contributed by atoms with Crippen LogP contribution in [-0.4, -0.2) is 43.2 Å². The van der Waals surface area contributed by atoms with E-state index in [0.717, 1.165) is 6.08 Å². The first-order valence-electron chi connectivity index (χ1n) is 5.45. The van der Waals surface area contributed by atoms with E-state index in [0.29, 0.717) is 0 Å². The third-order valence-corrected chi connectivity index (χ3v) is 2.32. The summed E-state index contributed by atoms with van der Waals surface area (Å²) in [5.74, 6) is -0.797. The summed E-state index contributed by atoms with van der Waals surface area (Å²) in [6, 6.07) is 0. The van der Waals surface area contributed by atoms with Crippen molar-refractivity contribution in [1.29, 1.82) is 0 Å². The van der Waals surface area contributed by atoms with E-state index in [1.165, 1.54) is 0 Å². The van der Waals surface area contributed by atoms with Crippen LogP contribution in [0.15, 0.2) is 12.7 Å². The number of hydrogen-bond donors (Lipinski definition) is 1. The molecule has 0 aliphatic rings. The van der Waals surface area contributed by atoms with Gasteiger partial charge in [0.2, 0.25) is 5.91 Å². The number of carbonyl (C=O) groups excluding carboxylic acids is 1. The van der Waals surface area contributed by atoms with Crippen LogP contribution in [0.25, 0.3) is 0 Å². The van der Waals surface area contributed by atoms with Gasteiger partial charge in [0.25, 0.3) is 0 Å². The summed E-state index contributed by atoms with van der Waals surface area (Å²) < 4.78 is 115. The second kappa shape index (κ2) is 6.75. The Morgan fingerprint density at radius 1 is 0.955 bits per heavy atom. The molecule has 22 heavy (non-hydrogen) atoms. The van der Waals surface area contributed by atoms with Crippen LogP contribution in [-0.2, 0) is 9.53 Å². The van der Waals surface area contributed by atoms with Gasteiger partial charge in [0.05, 0.1) is 6.61 Å². The molecule has 1 N–H and O–H groups in total. The number of halogens is 9. The number of nitrogens with one attached hydrogen (secondary N) is 1. The number of hydrogen-bond acceptors (Lipinski definition) is 2. The van der Waals surface area contributed by atoms with E-state index >= 15 is 0 Å². The Hall–Kier alpha value is -1.46. The zero-order valence-electron chi connectivity index (χ0n) is 10.6. The van der Waals surface area contributed by atoms with E-state index in [1.54, 1.807) is 0 Å². The van der Waals surface area contributed by atoms with E-state index < -0.39 is 49.6 Å². The molecule has 12 heteroatoms. The molecule has 0 spiro atoms. The van der Waals surface area contributed by atoms with E-state index in [2.05, 4.69) is 11.3 Å². The lowest BCUT2D eigenvalue weighted by molar-refractivity contribution is -0.457. The van der Waals surface area contributed by atoms with Gasteiger partial charge in [0.1, 0.15) is 0 Å². The number of rotatable bonds is 6. The highest BCUT2D eigenvalue weighted by atomic mass is 19.4. The van der Waals surface area contributed by atoms with Crippen LogP contribution in [0, 0.1) is 0 Å². The number of carbonyl (C=O) groups is 1. The first kappa shape index (κ1) is 20.5. The second-order valence-electron chi connectivity index (χ2n) is 3.87. The Morgan fingerprint density at radius 2 is 1.36 bits per heavy atom. The van der Waals surface area contributed by atoms with Crippen LogP contribution in [0.3, 0.4) is 0 Å². The molecule has 0 aliphatic carbocycles. The zero-order chi connectivity index (χ0) is 17.8. The van der Waals surface area contributed by atoms with Crippen LogP contribution in [0.1, 0.15) is 6.42 Å². The van der Waals surface area contributed by atoms with Crippen LogP contribution in [0.5, 0.6) is 0 Å². The summed E-state index contributed by atoms with van der Waals surface area (Å²) in [7, 11) is 0. The minimum absolute atomic E-state index is 0.492. The Kier molecular flexibility index (Phi) is 6.30. The lowest BCUT2D eigenvalue weighted by atomic mass is 10.0. The smallest absolute Gasteiger partial charge is 0.352 e. The summed E-state index contributed by atoms with van der Waals surface area (Å²) in [4.78, 5) is 10.6. The molecule has 0 radical (unpaired) electrons. The first-order chi connectivity index (χ1) is 9.70. The van der Waals surface area contributed by atoms with Gasteiger partial charge in [-0.2, -0.15) is 39.5 Å². The van der Waals surface area contributed by atoms with Crippen molar-refractivity contribution in [3.63, 3.8) is 0 Å². The van der Waals surface area contributed by atoms with Crippen molar-refractivity contribution in [2.45, 2.75) is 30.6 Å². The lowest BCUT2D eigenvalue weighted by Gasteiger charge is -2.38. The largest absolute Gasteiger partial charge is 0.435 e. The maximum absolute atomic E-state index is 12.4. The maximum Gasteiger partial charge on any atom is 0.435 e. The Labute approximate surface area is 118 Å². The summed E-state index contributed by atoms with van der Waals surface area (Å²) in [6.07, 6.45) is -20.2. The third kappa shape index (κ3) is 4.27. The third-order valence-electron chi connectivity index (χ3n) is 2.32. The molecular weight excluding hydrogens is 337 g/mol. The fourth-order valence-corrected chi connectivity index (χ4v) is 1.31. The topological polar surface area (TPSA) is 38.3 Å². The van der Waals surface area contributed by atoms with Gasteiger partial charge < -0.3 is 10.1 Å². The molecule has 0 fully saturated rings. The minimum Gasteiger partial charge on any atom is -0.352 e. The van der Waals surface area contributed by atoms with Gasteiger partial charge in [-0.05, 0) is 12.5 Å². The highest BCUT2D eigenvalue weighted by Crippen LogP contribution is 2.54. The van der Waals surface area contributed by atoms with Gasteiger partial charge in [-0.1, -0.05) is 6.58 Å². The van der Waals surface area contributed by atoms with Gasteiger partial charge in [-0.15, -0.1) is 0 Å². The molecule has 0 rings (SSSR count). The van der Waals surface area contributed by atoms with E-state index in [4.69, 9.17) is 0 Å². The van der Waals surface area contributed by atoms with Crippen molar-refractivity contribution < 1.29 is 49.0 Å². The Bertz CT molecular complexity index is 361. The first-order valence-corrected chi connectivity index (χ1v) is 5.45. The van der Waals surface area contributed by atoms with Crippen molar-refractivity contribution in [3.05, 3.63) is 12.7 Å². The molecule has 0 aromatic carbocycles. The molecule has 130 valence electrons. The van der Waals surface area contributed by atoms with E-state index in [1.807, 2.05) is 5.32 Å². The van der Waals surface area contributed by atoms with Crippen molar-refractivity contribution in [3.8, 4) is 0 Å². The molecule has 1 amide bonds. The predicted molar refractivity (Wildman–Crippen MR) is 54.7 cm³/mol. The Balaban J connectivity index is 5.13. The second-order valence-corrected chi connectivity index (χ2v) is 3.87. The summed E-state index contributed by atoms with van der Waals surface area (Å²) >= 11 is 0. The highest BCUT2D eigenvalue weighted by molar-refractivity contribution is 5.86. The number of alkyl halides is 9. The zero-order valence-corrected chi connectivity index (χ0v) is 10.6. The molecule has 0 aromatic heterocycles. The fraction of sp³-hybridized carbons (Fsp3) is 0.700. The quantitative estimate of drug-likeness (QED) is 0.456. The summed E-state index contributed by atoms with van der Waals surface area (Å²) in [5.41, 5.74) is -6.28. The van der Waals surface area contributed by atoms with Gasteiger partial charge in [-0.25, -0.2) is 0 Å².